The minimum Gasteiger partial charge on any atom is -0.332 e. The molecule has 7 rings (SSSR count). The Morgan fingerprint density at radius 2 is 1.61 bits per heavy atom. The number of amides is 5. The Labute approximate surface area is 300 Å². The van der Waals surface area contributed by atoms with Crippen molar-refractivity contribution in [2.24, 2.45) is 5.41 Å². The molecule has 0 radical (unpaired) electrons. The second-order valence-electron chi connectivity index (χ2n) is 15.2. The van der Waals surface area contributed by atoms with Crippen molar-refractivity contribution in [2.45, 2.75) is 70.4 Å². The van der Waals surface area contributed by atoms with Crippen molar-refractivity contribution in [1.29, 1.82) is 0 Å². The molecular weight excluding hydrogens is 680 g/mol. The number of alkyl halides is 2. The standard InChI is InChI=1S/C38H42ClF2N5O5/c1-37(2)13-11-25(29(20-37)23-3-6-26(39)7-4-23)21-43-15-17-44(18-16-43)31-12-14-45(22-38(31,40)41)34(49)24-5-8-27-28(19-24)36(51)46(35(27)50)30-9-10-32(47)42-33(30)48/h3-8,19,30-31H,9-18,20-22H2,1-2H3,(H,42,47,48). The molecule has 1 N–H and O–H groups in total. The summed E-state index contributed by atoms with van der Waals surface area (Å²) >= 11 is 6.17. The van der Waals surface area contributed by atoms with Crippen LogP contribution in [0.4, 0.5) is 8.78 Å². The summed E-state index contributed by atoms with van der Waals surface area (Å²) in [4.78, 5) is 69.9. The van der Waals surface area contributed by atoms with Crippen molar-refractivity contribution in [3.63, 3.8) is 0 Å². The lowest BCUT2D eigenvalue weighted by Gasteiger charge is -2.46. The molecule has 13 heteroatoms. The SMILES string of the molecule is CC1(C)CCC(CN2CCN(C3CCN(C(=O)c4ccc5c(c4)C(=O)N(C4CCC(=O)NC4=O)C5=O)CC3(F)F)CC2)=C(c2ccc(Cl)cc2)C1. The highest BCUT2D eigenvalue weighted by molar-refractivity contribution is 6.30. The van der Waals surface area contributed by atoms with Gasteiger partial charge in [0.15, 0.2) is 0 Å². The number of hydrogen-bond donors (Lipinski definition) is 1. The van der Waals surface area contributed by atoms with Gasteiger partial charge in [0.2, 0.25) is 11.8 Å². The maximum atomic E-state index is 15.8. The van der Waals surface area contributed by atoms with Crippen LogP contribution >= 0.6 is 11.6 Å². The van der Waals surface area contributed by atoms with Gasteiger partial charge in [0, 0.05) is 56.3 Å². The van der Waals surface area contributed by atoms with Gasteiger partial charge in [-0.2, -0.15) is 0 Å². The molecule has 4 aliphatic heterocycles. The zero-order chi connectivity index (χ0) is 36.2. The van der Waals surface area contributed by atoms with E-state index in [9.17, 15) is 24.0 Å². The molecule has 2 unspecified atom stereocenters. The predicted molar refractivity (Wildman–Crippen MR) is 186 cm³/mol. The first-order chi connectivity index (χ1) is 24.2. The topological polar surface area (TPSA) is 110 Å². The van der Waals surface area contributed by atoms with Crippen LogP contribution in [0.1, 0.15) is 89.0 Å². The number of imide groups is 2. The van der Waals surface area contributed by atoms with Gasteiger partial charge in [-0.15, -0.1) is 0 Å². The minimum atomic E-state index is -3.15. The van der Waals surface area contributed by atoms with Gasteiger partial charge in [0.05, 0.1) is 23.7 Å². The van der Waals surface area contributed by atoms with Crippen molar-refractivity contribution in [3.8, 4) is 0 Å². The van der Waals surface area contributed by atoms with Crippen molar-refractivity contribution in [1.82, 2.24) is 24.9 Å². The molecule has 0 saturated carbocycles. The summed E-state index contributed by atoms with van der Waals surface area (Å²) in [6.45, 7) is 7.14. The monoisotopic (exact) mass is 721 g/mol. The van der Waals surface area contributed by atoms with E-state index >= 15 is 8.78 Å². The largest absolute Gasteiger partial charge is 0.332 e. The maximum Gasteiger partial charge on any atom is 0.280 e. The number of fused-ring (bicyclic) bond motifs is 1. The van der Waals surface area contributed by atoms with Gasteiger partial charge in [-0.05, 0) is 79.0 Å². The van der Waals surface area contributed by atoms with Crippen molar-refractivity contribution < 1.29 is 32.8 Å². The van der Waals surface area contributed by atoms with Crippen LogP contribution in [0.3, 0.4) is 0 Å². The van der Waals surface area contributed by atoms with E-state index in [1.165, 1.54) is 34.9 Å². The zero-order valence-electron chi connectivity index (χ0n) is 28.9. The van der Waals surface area contributed by atoms with Crippen LogP contribution in [0.5, 0.6) is 0 Å². The quantitative estimate of drug-likeness (QED) is 0.424. The molecule has 5 amide bonds. The fourth-order valence-electron chi connectivity index (χ4n) is 8.30. The lowest BCUT2D eigenvalue weighted by atomic mass is 9.72. The van der Waals surface area contributed by atoms with Crippen LogP contribution in [0.25, 0.3) is 5.57 Å². The first-order valence-corrected chi connectivity index (χ1v) is 18.0. The van der Waals surface area contributed by atoms with Gasteiger partial charge < -0.3 is 4.90 Å². The first kappa shape index (κ1) is 35.4. The van der Waals surface area contributed by atoms with Crippen molar-refractivity contribution in [2.75, 3.05) is 45.8 Å². The number of piperazine rings is 1. The van der Waals surface area contributed by atoms with E-state index < -0.39 is 54.1 Å². The number of nitrogens with one attached hydrogen (secondary N) is 1. The van der Waals surface area contributed by atoms with E-state index in [0.29, 0.717) is 31.2 Å². The van der Waals surface area contributed by atoms with Gasteiger partial charge in [-0.3, -0.25) is 44.0 Å². The van der Waals surface area contributed by atoms with Gasteiger partial charge in [-0.25, -0.2) is 8.78 Å². The van der Waals surface area contributed by atoms with Gasteiger partial charge in [0.1, 0.15) is 6.04 Å². The summed E-state index contributed by atoms with van der Waals surface area (Å²) in [5.41, 5.74) is 4.13. The molecule has 2 aromatic rings. The van der Waals surface area contributed by atoms with E-state index in [1.54, 1.807) is 0 Å². The van der Waals surface area contributed by atoms with E-state index in [2.05, 4.69) is 36.2 Å². The smallest absolute Gasteiger partial charge is 0.280 e. The number of carbonyl (C=O) groups is 5. The molecule has 51 heavy (non-hydrogen) atoms. The summed E-state index contributed by atoms with van der Waals surface area (Å²) in [5, 5.41) is 2.85. The lowest BCUT2D eigenvalue weighted by Crippen LogP contribution is -2.62. The summed E-state index contributed by atoms with van der Waals surface area (Å²) in [5.74, 6) is -6.48. The number of benzene rings is 2. The zero-order valence-corrected chi connectivity index (χ0v) is 29.6. The normalized spacial score (nSPS) is 25.7. The third-order valence-electron chi connectivity index (χ3n) is 11.2. The van der Waals surface area contributed by atoms with Crippen molar-refractivity contribution >= 4 is 46.7 Å². The predicted octanol–water partition coefficient (Wildman–Crippen LogP) is 4.87. The first-order valence-electron chi connectivity index (χ1n) is 17.7. The summed E-state index contributed by atoms with van der Waals surface area (Å²) in [6.07, 6.45) is 3.17. The summed E-state index contributed by atoms with van der Waals surface area (Å²) in [7, 11) is 0. The van der Waals surface area contributed by atoms with Crippen LogP contribution in [-0.4, -0.2) is 113 Å². The number of allylic oxidation sites excluding steroid dienone is 1. The third-order valence-corrected chi connectivity index (χ3v) is 11.4. The number of piperidine rings is 2. The Bertz CT molecular complexity index is 1820. The third kappa shape index (κ3) is 6.97. The molecule has 3 saturated heterocycles. The molecule has 2 aromatic carbocycles. The molecule has 4 heterocycles. The van der Waals surface area contributed by atoms with Gasteiger partial charge >= 0.3 is 0 Å². The van der Waals surface area contributed by atoms with Crippen LogP contribution in [0, 0.1) is 5.41 Å². The Balaban J connectivity index is 0.974. The Morgan fingerprint density at radius 1 is 0.902 bits per heavy atom. The second-order valence-corrected chi connectivity index (χ2v) is 15.7. The van der Waals surface area contributed by atoms with Gasteiger partial charge in [-0.1, -0.05) is 43.2 Å². The average Bonchev–Trinajstić information content (AvgIpc) is 3.33. The molecule has 0 aromatic heterocycles. The maximum absolute atomic E-state index is 15.8. The summed E-state index contributed by atoms with van der Waals surface area (Å²) in [6, 6.07) is 9.79. The highest BCUT2D eigenvalue weighted by Gasteiger charge is 2.50. The highest BCUT2D eigenvalue weighted by Crippen LogP contribution is 2.43. The van der Waals surface area contributed by atoms with E-state index in [-0.39, 0.29) is 47.9 Å². The molecule has 3 fully saturated rings. The Morgan fingerprint density at radius 3 is 2.29 bits per heavy atom. The Hall–Kier alpha value is -4.00. The number of nitrogens with zero attached hydrogens (tertiary/aromatic N) is 4. The van der Waals surface area contributed by atoms with Crippen LogP contribution in [0.15, 0.2) is 48.0 Å². The molecule has 0 bridgehead atoms. The number of likely N-dealkylation sites (tertiary alicyclic amines) is 1. The highest BCUT2D eigenvalue weighted by atomic mass is 35.5. The fraction of sp³-hybridized carbons (Fsp3) is 0.500. The van der Waals surface area contributed by atoms with Crippen LogP contribution < -0.4 is 5.32 Å². The number of rotatable bonds is 6. The average molecular weight is 722 g/mol. The number of halogens is 3. The molecular formula is C38H42ClF2N5O5. The molecule has 270 valence electrons. The van der Waals surface area contributed by atoms with E-state index in [1.807, 2.05) is 17.0 Å². The minimum absolute atomic E-state index is 0.00281. The second kappa shape index (κ2) is 13.5. The number of carbonyl (C=O) groups excluding carboxylic acids is 5. The molecule has 1 aliphatic carbocycles. The Kier molecular flexibility index (Phi) is 9.39. The lowest BCUT2D eigenvalue weighted by molar-refractivity contribution is -0.136. The fourth-order valence-corrected chi connectivity index (χ4v) is 8.43. The molecule has 2 atom stereocenters. The summed E-state index contributed by atoms with van der Waals surface area (Å²) < 4.78 is 31.6. The molecule has 0 spiro atoms. The van der Waals surface area contributed by atoms with E-state index in [0.717, 1.165) is 35.6 Å². The van der Waals surface area contributed by atoms with E-state index in [4.69, 9.17) is 11.6 Å². The van der Waals surface area contributed by atoms with Crippen LogP contribution in [-0.2, 0) is 9.59 Å². The van der Waals surface area contributed by atoms with Crippen LogP contribution in [0.2, 0.25) is 5.02 Å². The van der Waals surface area contributed by atoms with Crippen molar-refractivity contribution in [3.05, 3.63) is 75.3 Å². The molecule has 5 aliphatic rings. The van der Waals surface area contributed by atoms with Gasteiger partial charge in [0.25, 0.3) is 23.6 Å². The number of hydrogen-bond acceptors (Lipinski definition) is 7. The molecule has 10 nitrogen and oxygen atoms in total.